The van der Waals surface area contributed by atoms with Crippen LogP contribution in [0, 0.1) is 10.8 Å². The van der Waals surface area contributed by atoms with Crippen LogP contribution in [-0.2, 0) is 0 Å². The number of allylic oxidation sites excluding steroid dienone is 20. The Kier molecular flexibility index (Phi) is 36.6. The second-order valence-corrected chi connectivity index (χ2v) is 17.6. The van der Waals surface area contributed by atoms with Crippen molar-refractivity contribution in [2.45, 2.75) is 115 Å². The third-order valence-electron chi connectivity index (χ3n) is 11.0. The zero-order chi connectivity index (χ0) is 53.9. The Morgan fingerprint density at radius 2 is 1.22 bits per heavy atom. The van der Waals surface area contributed by atoms with Crippen molar-refractivity contribution in [3.8, 4) is 5.75 Å². The van der Waals surface area contributed by atoms with Gasteiger partial charge < -0.3 is 15.4 Å². The van der Waals surface area contributed by atoms with Gasteiger partial charge in [0.05, 0.1) is 0 Å². The highest BCUT2D eigenvalue weighted by atomic mass is 16.5. The molecule has 384 valence electrons. The van der Waals surface area contributed by atoms with Crippen LogP contribution in [0.3, 0.4) is 0 Å². The fraction of sp³-hybridized carbons (Fsp3) is 0.275. The molecule has 2 N–H and O–H groups in total. The molecule has 1 aliphatic carbocycles. The molecule has 0 heterocycles. The summed E-state index contributed by atoms with van der Waals surface area (Å²) in [5.41, 5.74) is 9.65. The molecule has 0 bridgehead atoms. The predicted molar refractivity (Wildman–Crippen MR) is 326 cm³/mol. The van der Waals surface area contributed by atoms with Crippen LogP contribution < -0.4 is 15.4 Å². The standard InChI is InChI=1S/C32H37NO.C20H27N.C7H10.C6H6.2C2H6/c1-8-14-28(32(5,6)7)16-13-15-25(3)27-20-23-31(24-21-27)34-26(4)19-22-29(9-2)33-30-17-11-10-12-18-30;1-4-20(3,5-2)16-17-10-9-13-19(15-14-17)21-18-11-7-6-8-12-18;1-3-5-7-6-4-2;1-2-4-6-5-3-1;2*1-2/h8-14,16-24,33H,1-3,15H2,4-7H3;6-9,11-15,21H,4-5,10,16H2,1-3H3;3-7H,1H2,2H3;1-6H;2*1-2H3/b16-13-,26-19+,28-14+,29-22+;;6-4-,7-5-;;;. The number of ether oxygens (including phenoxy) is 1. The zero-order valence-electron chi connectivity index (χ0n) is 46.6. The molecule has 72 heavy (non-hydrogen) atoms. The first-order valence-corrected chi connectivity index (χ1v) is 25.9. The van der Waals surface area contributed by atoms with Crippen molar-refractivity contribution >= 4 is 16.9 Å². The molecule has 5 rings (SSSR count). The van der Waals surface area contributed by atoms with Crippen LogP contribution in [-0.4, -0.2) is 0 Å². The van der Waals surface area contributed by atoms with Gasteiger partial charge in [-0.2, -0.15) is 0 Å². The number of rotatable bonds is 19. The molecule has 3 nitrogen and oxygen atoms in total. The Balaban J connectivity index is 0.00000111. The van der Waals surface area contributed by atoms with Gasteiger partial charge in [-0.3, -0.25) is 0 Å². The van der Waals surface area contributed by atoms with Gasteiger partial charge in [-0.05, 0) is 127 Å². The molecule has 0 radical (unpaired) electrons. The van der Waals surface area contributed by atoms with E-state index in [1.54, 1.807) is 12.2 Å². The van der Waals surface area contributed by atoms with Gasteiger partial charge >= 0.3 is 0 Å². The summed E-state index contributed by atoms with van der Waals surface area (Å²) in [6, 6.07) is 40.4. The molecule has 4 aromatic carbocycles. The first kappa shape index (κ1) is 64.9. The normalized spacial score (nSPS) is 12.5. The lowest BCUT2D eigenvalue weighted by Gasteiger charge is -2.27. The van der Waals surface area contributed by atoms with Crippen molar-refractivity contribution in [2.24, 2.45) is 10.8 Å². The summed E-state index contributed by atoms with van der Waals surface area (Å²) < 4.78 is 5.97. The van der Waals surface area contributed by atoms with Gasteiger partial charge in [0, 0.05) is 22.8 Å². The van der Waals surface area contributed by atoms with Gasteiger partial charge in [0.1, 0.15) is 11.5 Å². The summed E-state index contributed by atoms with van der Waals surface area (Å²) in [6.07, 6.45) is 37.9. The average Bonchev–Trinajstić information content (AvgIpc) is 3.64. The van der Waals surface area contributed by atoms with E-state index in [4.69, 9.17) is 4.74 Å². The number of hydrogen-bond donors (Lipinski definition) is 2. The van der Waals surface area contributed by atoms with Crippen molar-refractivity contribution in [2.75, 3.05) is 10.6 Å². The lowest BCUT2D eigenvalue weighted by molar-refractivity contribution is 0.293. The van der Waals surface area contributed by atoms with Crippen molar-refractivity contribution in [3.63, 3.8) is 0 Å². The van der Waals surface area contributed by atoms with Crippen LogP contribution in [0.15, 0.2) is 273 Å². The van der Waals surface area contributed by atoms with Crippen molar-refractivity contribution < 1.29 is 4.74 Å². The number of para-hydroxylation sites is 2. The van der Waals surface area contributed by atoms with E-state index in [-0.39, 0.29) is 5.41 Å². The van der Waals surface area contributed by atoms with E-state index >= 15 is 0 Å². The highest BCUT2D eigenvalue weighted by Gasteiger charge is 2.21. The van der Waals surface area contributed by atoms with Gasteiger partial charge in [-0.15, -0.1) is 0 Å². The summed E-state index contributed by atoms with van der Waals surface area (Å²) in [4.78, 5) is 0. The van der Waals surface area contributed by atoms with Crippen LogP contribution in [0.4, 0.5) is 11.4 Å². The Hall–Kier alpha value is -7.10. The highest BCUT2D eigenvalue weighted by molar-refractivity contribution is 5.65. The van der Waals surface area contributed by atoms with E-state index < -0.39 is 0 Å². The molecular weight excluding hydrogens is 873 g/mol. The van der Waals surface area contributed by atoms with Gasteiger partial charge in [0.15, 0.2) is 0 Å². The minimum Gasteiger partial charge on any atom is -0.462 e. The molecule has 4 aromatic rings. The molecule has 0 atom stereocenters. The topological polar surface area (TPSA) is 33.3 Å². The van der Waals surface area contributed by atoms with E-state index in [0.29, 0.717) is 5.41 Å². The monoisotopic (exact) mass is 965 g/mol. The Labute approximate surface area is 440 Å². The third-order valence-corrected chi connectivity index (χ3v) is 11.0. The number of anilines is 2. The molecule has 0 aliphatic heterocycles. The molecule has 3 heteroatoms. The summed E-state index contributed by atoms with van der Waals surface area (Å²) in [5.74, 6) is 1.57. The third kappa shape index (κ3) is 30.5. The summed E-state index contributed by atoms with van der Waals surface area (Å²) >= 11 is 0. The Bertz CT molecular complexity index is 2320. The predicted octanol–water partition coefficient (Wildman–Crippen LogP) is 21.4. The van der Waals surface area contributed by atoms with Crippen LogP contribution >= 0.6 is 0 Å². The molecule has 0 saturated heterocycles. The van der Waals surface area contributed by atoms with E-state index in [1.807, 2.05) is 181 Å². The molecule has 0 unspecified atom stereocenters. The molecule has 0 spiro atoms. The minimum atomic E-state index is 0.0790. The first-order chi connectivity index (χ1) is 34.8. The van der Waals surface area contributed by atoms with Gasteiger partial charge in [0.2, 0.25) is 0 Å². The van der Waals surface area contributed by atoms with E-state index in [1.165, 1.54) is 30.4 Å². The van der Waals surface area contributed by atoms with Crippen LogP contribution in [0.5, 0.6) is 5.75 Å². The number of nitrogens with one attached hydrogen (secondary N) is 2. The molecule has 0 fully saturated rings. The molecule has 0 amide bonds. The maximum absolute atomic E-state index is 5.97. The zero-order valence-corrected chi connectivity index (χ0v) is 46.6. The maximum atomic E-state index is 5.97. The minimum absolute atomic E-state index is 0.0790. The number of hydrogen-bond acceptors (Lipinski definition) is 3. The van der Waals surface area contributed by atoms with E-state index in [2.05, 4.69) is 145 Å². The molecule has 0 aromatic heterocycles. The quantitative estimate of drug-likeness (QED) is 0.0726. The Morgan fingerprint density at radius 3 is 1.72 bits per heavy atom. The summed E-state index contributed by atoms with van der Waals surface area (Å²) in [5, 5.41) is 6.79. The largest absolute Gasteiger partial charge is 0.462 e. The van der Waals surface area contributed by atoms with Crippen LogP contribution in [0.25, 0.3) is 5.57 Å². The van der Waals surface area contributed by atoms with Crippen LogP contribution in [0.2, 0.25) is 0 Å². The lowest BCUT2D eigenvalue weighted by Crippen LogP contribution is -2.14. The second-order valence-electron chi connectivity index (χ2n) is 17.6. The van der Waals surface area contributed by atoms with Gasteiger partial charge in [-0.1, -0.05) is 266 Å². The summed E-state index contributed by atoms with van der Waals surface area (Å²) in [6.45, 7) is 41.0. The average molecular weight is 966 g/mol. The van der Waals surface area contributed by atoms with Crippen molar-refractivity contribution in [3.05, 3.63) is 279 Å². The fourth-order valence-electron chi connectivity index (χ4n) is 6.42. The fourth-order valence-corrected chi connectivity index (χ4v) is 6.42. The molecule has 0 saturated carbocycles. The summed E-state index contributed by atoms with van der Waals surface area (Å²) in [7, 11) is 0. The first-order valence-electron chi connectivity index (χ1n) is 25.9. The second kappa shape index (κ2) is 40.6. The lowest BCUT2D eigenvalue weighted by atomic mass is 9.78. The SMILES string of the molecule is C=C/C=C(\C=C/CC(=C)c1ccc(O/C(C)=C/C=C(\C=C)Nc2ccccc2)cc1)C(C)(C)C.C=C/C=C\C=C/C.CC.CC.CCC(C)(CC)CC1=CC=C(Nc2ccccc2)C=CC1.c1ccccc1. The van der Waals surface area contributed by atoms with E-state index in [9.17, 15) is 0 Å². The van der Waals surface area contributed by atoms with Crippen molar-refractivity contribution in [1.29, 1.82) is 0 Å². The smallest absolute Gasteiger partial charge is 0.126 e. The maximum Gasteiger partial charge on any atom is 0.126 e. The molecular formula is C69H92N2O. The highest BCUT2D eigenvalue weighted by Crippen LogP contribution is 2.35. The molecule has 1 aliphatic rings. The number of benzene rings is 4. The van der Waals surface area contributed by atoms with Crippen LogP contribution in [0.1, 0.15) is 121 Å². The van der Waals surface area contributed by atoms with E-state index in [0.717, 1.165) is 58.3 Å². The van der Waals surface area contributed by atoms with Gasteiger partial charge in [0.25, 0.3) is 0 Å². The Morgan fingerprint density at radius 1 is 0.667 bits per heavy atom. The van der Waals surface area contributed by atoms with Gasteiger partial charge in [-0.25, -0.2) is 0 Å². The van der Waals surface area contributed by atoms with Crippen molar-refractivity contribution in [1.82, 2.24) is 0 Å².